The largest absolute Gasteiger partial charge is 0.480 e. The molecule has 1 aromatic heterocycles. The van der Waals surface area contributed by atoms with E-state index in [0.717, 1.165) is 22.2 Å². The third-order valence-corrected chi connectivity index (χ3v) is 5.75. The van der Waals surface area contributed by atoms with E-state index in [1.807, 2.05) is 59.2 Å². The van der Waals surface area contributed by atoms with Crippen LogP contribution in [0, 0.1) is 0 Å². The molecule has 1 N–H and O–H groups in total. The first kappa shape index (κ1) is 20.9. The van der Waals surface area contributed by atoms with Crippen LogP contribution in [0.2, 0.25) is 0 Å². The molecular formula is C27H28N2O2. The Balaban J connectivity index is 1.79. The molecule has 0 fully saturated rings. The topological polar surface area (TPSA) is 55.1 Å². The molecule has 1 unspecified atom stereocenters. The molecule has 0 bridgehead atoms. The van der Waals surface area contributed by atoms with Crippen molar-refractivity contribution in [3.8, 4) is 11.4 Å². The third-order valence-electron chi connectivity index (χ3n) is 5.75. The number of aryl methyl sites for hydroxylation is 1. The van der Waals surface area contributed by atoms with Gasteiger partial charge in [-0.2, -0.15) is 0 Å². The van der Waals surface area contributed by atoms with Crippen molar-refractivity contribution in [3.05, 3.63) is 90.0 Å². The molecule has 4 heteroatoms. The molecule has 0 saturated carbocycles. The second-order valence-corrected chi connectivity index (χ2v) is 9.00. The van der Waals surface area contributed by atoms with E-state index in [9.17, 15) is 9.90 Å². The maximum Gasteiger partial charge on any atom is 0.326 e. The third kappa shape index (κ3) is 4.38. The lowest BCUT2D eigenvalue weighted by molar-refractivity contribution is -0.140. The first-order valence-corrected chi connectivity index (χ1v) is 10.7. The smallest absolute Gasteiger partial charge is 0.326 e. The first-order valence-electron chi connectivity index (χ1n) is 10.7. The molecule has 0 aliphatic rings. The highest BCUT2D eigenvalue weighted by Gasteiger charge is 2.26. The fourth-order valence-electron chi connectivity index (χ4n) is 3.99. The van der Waals surface area contributed by atoms with Crippen LogP contribution in [0.1, 0.15) is 44.4 Å². The lowest BCUT2D eigenvalue weighted by Crippen LogP contribution is -2.21. The molecule has 1 atom stereocenters. The van der Waals surface area contributed by atoms with Crippen molar-refractivity contribution in [3.63, 3.8) is 0 Å². The summed E-state index contributed by atoms with van der Waals surface area (Å²) in [7, 11) is 0. The average Bonchev–Trinajstić information content (AvgIpc) is 3.13. The number of aliphatic carboxylic acids is 1. The summed E-state index contributed by atoms with van der Waals surface area (Å²) < 4.78 is 1.90. The molecule has 158 valence electrons. The van der Waals surface area contributed by atoms with Gasteiger partial charge in [0.15, 0.2) is 0 Å². The van der Waals surface area contributed by atoms with Gasteiger partial charge in [0.25, 0.3) is 0 Å². The Kier molecular flexibility index (Phi) is 5.64. The van der Waals surface area contributed by atoms with Gasteiger partial charge in [-0.3, -0.25) is 0 Å². The number of aromatic nitrogens is 2. The van der Waals surface area contributed by atoms with Crippen LogP contribution in [0.3, 0.4) is 0 Å². The highest BCUT2D eigenvalue weighted by Crippen LogP contribution is 2.32. The van der Waals surface area contributed by atoms with E-state index in [1.165, 1.54) is 5.56 Å². The number of benzene rings is 3. The number of hydrogen-bond acceptors (Lipinski definition) is 2. The number of rotatable bonds is 6. The predicted molar refractivity (Wildman–Crippen MR) is 125 cm³/mol. The van der Waals surface area contributed by atoms with E-state index in [2.05, 4.69) is 45.0 Å². The van der Waals surface area contributed by atoms with Crippen LogP contribution < -0.4 is 0 Å². The second-order valence-electron chi connectivity index (χ2n) is 9.00. The Labute approximate surface area is 183 Å². The van der Waals surface area contributed by atoms with Gasteiger partial charge in [0, 0.05) is 5.56 Å². The van der Waals surface area contributed by atoms with Gasteiger partial charge in [0.05, 0.1) is 11.0 Å². The number of imidazole rings is 1. The van der Waals surface area contributed by atoms with Gasteiger partial charge in [-0.15, -0.1) is 0 Å². The predicted octanol–water partition coefficient (Wildman–Crippen LogP) is 6.26. The first-order chi connectivity index (χ1) is 14.8. The van der Waals surface area contributed by atoms with Crippen LogP contribution in [0.15, 0.2) is 78.9 Å². The Morgan fingerprint density at radius 3 is 2.23 bits per heavy atom. The molecule has 0 amide bonds. The van der Waals surface area contributed by atoms with Crippen molar-refractivity contribution in [2.75, 3.05) is 0 Å². The van der Waals surface area contributed by atoms with Crippen LogP contribution in [-0.2, 0) is 16.6 Å². The number of fused-ring (bicyclic) bond motifs is 1. The molecule has 0 saturated heterocycles. The zero-order valence-electron chi connectivity index (χ0n) is 18.2. The Morgan fingerprint density at radius 1 is 0.935 bits per heavy atom. The molecule has 4 rings (SSSR count). The fraction of sp³-hybridized carbons (Fsp3) is 0.259. The summed E-state index contributed by atoms with van der Waals surface area (Å²) in [5.74, 6) is -0.145. The maximum absolute atomic E-state index is 12.4. The highest BCUT2D eigenvalue weighted by atomic mass is 16.4. The van der Waals surface area contributed by atoms with Crippen LogP contribution in [-0.4, -0.2) is 20.6 Å². The minimum atomic E-state index is -0.841. The van der Waals surface area contributed by atoms with Gasteiger partial charge in [-0.1, -0.05) is 87.5 Å². The van der Waals surface area contributed by atoms with Gasteiger partial charge < -0.3 is 9.67 Å². The Morgan fingerprint density at radius 2 is 1.58 bits per heavy atom. The average molecular weight is 413 g/mol. The number of carboxylic acid groups (broad SMARTS) is 1. The standard InChI is InChI=1S/C27H28N2O2/c1-27(2,3)21-16-14-20(15-17-21)25-28-22-11-7-8-12-23(22)29(25)24(26(30)31)18-13-19-9-5-4-6-10-19/h4-12,14-17,24H,13,18H2,1-3H3,(H,30,31). The number of hydrogen-bond donors (Lipinski definition) is 1. The van der Waals surface area contributed by atoms with Crippen LogP contribution in [0.5, 0.6) is 0 Å². The van der Waals surface area contributed by atoms with Crippen LogP contribution in [0.4, 0.5) is 0 Å². The Hall–Kier alpha value is -3.40. The van der Waals surface area contributed by atoms with Crippen molar-refractivity contribution in [2.24, 2.45) is 0 Å². The summed E-state index contributed by atoms with van der Waals surface area (Å²) in [6.07, 6.45) is 1.18. The molecule has 4 aromatic rings. The summed E-state index contributed by atoms with van der Waals surface area (Å²) in [5.41, 5.74) is 5.00. The van der Waals surface area contributed by atoms with Gasteiger partial charge in [0.2, 0.25) is 0 Å². The van der Waals surface area contributed by atoms with Crippen molar-refractivity contribution in [1.29, 1.82) is 0 Å². The normalized spacial score (nSPS) is 12.7. The summed E-state index contributed by atoms with van der Waals surface area (Å²) in [6, 6.07) is 25.4. The summed E-state index contributed by atoms with van der Waals surface area (Å²) in [6.45, 7) is 6.55. The molecule has 3 aromatic carbocycles. The monoisotopic (exact) mass is 412 g/mol. The summed E-state index contributed by atoms with van der Waals surface area (Å²) in [5, 5.41) is 10.2. The van der Waals surface area contributed by atoms with E-state index >= 15 is 0 Å². The molecule has 31 heavy (non-hydrogen) atoms. The molecule has 1 heterocycles. The zero-order chi connectivity index (χ0) is 22.0. The van der Waals surface area contributed by atoms with Gasteiger partial charge in [-0.25, -0.2) is 9.78 Å². The van der Waals surface area contributed by atoms with E-state index in [1.54, 1.807) is 0 Å². The highest BCUT2D eigenvalue weighted by molar-refractivity contribution is 5.84. The number of carboxylic acids is 1. The number of carbonyl (C=O) groups is 1. The summed E-state index contributed by atoms with van der Waals surface area (Å²) in [4.78, 5) is 17.2. The van der Waals surface area contributed by atoms with E-state index in [-0.39, 0.29) is 5.41 Å². The van der Waals surface area contributed by atoms with E-state index in [0.29, 0.717) is 18.7 Å². The van der Waals surface area contributed by atoms with Gasteiger partial charge in [-0.05, 0) is 41.5 Å². The van der Waals surface area contributed by atoms with Crippen molar-refractivity contribution in [2.45, 2.75) is 45.1 Å². The van der Waals surface area contributed by atoms with Crippen molar-refractivity contribution in [1.82, 2.24) is 9.55 Å². The Bertz CT molecular complexity index is 1190. The van der Waals surface area contributed by atoms with Gasteiger partial charge in [0.1, 0.15) is 11.9 Å². The fourth-order valence-corrected chi connectivity index (χ4v) is 3.99. The molecule has 0 spiro atoms. The van der Waals surface area contributed by atoms with E-state index < -0.39 is 12.0 Å². The molecule has 0 aliphatic heterocycles. The zero-order valence-corrected chi connectivity index (χ0v) is 18.2. The van der Waals surface area contributed by atoms with Crippen molar-refractivity contribution < 1.29 is 9.90 Å². The molecular weight excluding hydrogens is 384 g/mol. The quantitative estimate of drug-likeness (QED) is 0.407. The van der Waals surface area contributed by atoms with Crippen LogP contribution in [0.25, 0.3) is 22.4 Å². The number of para-hydroxylation sites is 2. The second kappa shape index (κ2) is 8.38. The minimum absolute atomic E-state index is 0.0535. The SMILES string of the molecule is CC(C)(C)c1ccc(-c2nc3ccccc3n2C(CCc2ccccc2)C(=O)O)cc1. The van der Waals surface area contributed by atoms with Gasteiger partial charge >= 0.3 is 5.97 Å². The maximum atomic E-state index is 12.4. The lowest BCUT2D eigenvalue weighted by atomic mass is 9.86. The minimum Gasteiger partial charge on any atom is -0.480 e. The molecule has 0 radical (unpaired) electrons. The summed E-state index contributed by atoms with van der Waals surface area (Å²) >= 11 is 0. The van der Waals surface area contributed by atoms with E-state index in [4.69, 9.17) is 4.98 Å². The lowest BCUT2D eigenvalue weighted by Gasteiger charge is -2.20. The molecule has 4 nitrogen and oxygen atoms in total. The number of nitrogens with zero attached hydrogens (tertiary/aromatic N) is 2. The molecule has 0 aliphatic carbocycles. The van der Waals surface area contributed by atoms with Crippen molar-refractivity contribution >= 4 is 17.0 Å². The van der Waals surface area contributed by atoms with Crippen LogP contribution >= 0.6 is 0 Å².